The number of pyridine rings is 1. The molecule has 1 amide bonds. The first-order chi connectivity index (χ1) is 16.2. The van der Waals surface area contributed by atoms with E-state index in [1.807, 2.05) is 66.7 Å². The van der Waals surface area contributed by atoms with Crippen LogP contribution in [0.2, 0.25) is 5.02 Å². The highest BCUT2D eigenvalue weighted by molar-refractivity contribution is 6.33. The summed E-state index contributed by atoms with van der Waals surface area (Å²) in [5, 5.41) is 14.2. The van der Waals surface area contributed by atoms with E-state index < -0.39 is 0 Å². The fraction of sp³-hybridized carbons (Fsp3) is 0.200. The highest BCUT2D eigenvalue weighted by atomic mass is 35.5. The zero-order chi connectivity index (χ0) is 22.6. The number of rotatable bonds is 5. The Hall–Kier alpha value is -3.71. The molecule has 2 aromatic carbocycles. The second-order valence-corrected chi connectivity index (χ2v) is 8.25. The number of anilines is 2. The largest absolute Gasteiger partial charge is 0.367 e. The Morgan fingerprint density at radius 2 is 1.55 bits per heavy atom. The van der Waals surface area contributed by atoms with E-state index in [9.17, 15) is 4.79 Å². The molecule has 1 fully saturated rings. The van der Waals surface area contributed by atoms with Gasteiger partial charge >= 0.3 is 0 Å². The van der Waals surface area contributed by atoms with Crippen LogP contribution in [0.15, 0.2) is 72.9 Å². The van der Waals surface area contributed by atoms with E-state index in [0.717, 1.165) is 59.2 Å². The molecule has 2 aromatic heterocycles. The molecule has 1 saturated heterocycles. The number of carbonyl (C=O) groups is 1. The number of hydrogen-bond acceptors (Lipinski definition) is 6. The van der Waals surface area contributed by atoms with Gasteiger partial charge in [0.25, 0.3) is 5.91 Å². The summed E-state index contributed by atoms with van der Waals surface area (Å²) in [6.07, 6.45) is 1.71. The van der Waals surface area contributed by atoms with Crippen LogP contribution in [-0.2, 0) is 6.54 Å². The molecule has 0 saturated carbocycles. The summed E-state index contributed by atoms with van der Waals surface area (Å²) in [4.78, 5) is 21.6. The summed E-state index contributed by atoms with van der Waals surface area (Å²) in [6.45, 7) is 3.56. The number of halogens is 1. The van der Waals surface area contributed by atoms with Gasteiger partial charge < -0.3 is 15.1 Å². The quantitative estimate of drug-likeness (QED) is 0.488. The minimum atomic E-state index is -0.264. The van der Waals surface area contributed by atoms with Gasteiger partial charge in [0.2, 0.25) is 0 Å². The average Bonchev–Trinajstić information content (AvgIpc) is 2.88. The number of hydrogen-bond donors (Lipinski definition) is 1. The van der Waals surface area contributed by atoms with Crippen LogP contribution in [0.25, 0.3) is 10.8 Å². The molecule has 1 N–H and O–H groups in total. The molecule has 0 atom stereocenters. The van der Waals surface area contributed by atoms with Gasteiger partial charge in [-0.2, -0.15) is 0 Å². The summed E-state index contributed by atoms with van der Waals surface area (Å²) in [7, 11) is 0. The molecule has 166 valence electrons. The molecular formula is C25H23ClN6O. The average molecular weight is 459 g/mol. The number of amides is 1. The van der Waals surface area contributed by atoms with E-state index in [2.05, 4.69) is 30.3 Å². The van der Waals surface area contributed by atoms with Crippen molar-refractivity contribution in [2.45, 2.75) is 6.54 Å². The smallest absolute Gasteiger partial charge is 0.272 e. The van der Waals surface area contributed by atoms with Gasteiger partial charge in [-0.05, 0) is 24.3 Å². The Balaban J connectivity index is 1.35. The van der Waals surface area contributed by atoms with Gasteiger partial charge in [0.05, 0.1) is 22.9 Å². The molecular weight excluding hydrogens is 436 g/mol. The van der Waals surface area contributed by atoms with E-state index in [-0.39, 0.29) is 5.91 Å². The van der Waals surface area contributed by atoms with Crippen molar-refractivity contribution in [2.24, 2.45) is 0 Å². The molecule has 1 aliphatic heterocycles. The molecule has 7 nitrogen and oxygen atoms in total. The van der Waals surface area contributed by atoms with E-state index >= 15 is 0 Å². The van der Waals surface area contributed by atoms with Crippen molar-refractivity contribution < 1.29 is 4.79 Å². The molecule has 0 spiro atoms. The molecule has 4 aromatic rings. The maximum atomic E-state index is 12.9. The lowest BCUT2D eigenvalue weighted by molar-refractivity contribution is 0.0946. The third-order valence-electron chi connectivity index (χ3n) is 5.81. The van der Waals surface area contributed by atoms with Gasteiger partial charge in [-0.3, -0.25) is 9.78 Å². The van der Waals surface area contributed by atoms with Crippen molar-refractivity contribution >= 4 is 39.8 Å². The maximum Gasteiger partial charge on any atom is 0.272 e. The first-order valence-electron chi connectivity index (χ1n) is 10.9. The third-order valence-corrected chi connectivity index (χ3v) is 6.13. The second-order valence-electron chi connectivity index (χ2n) is 7.85. The van der Waals surface area contributed by atoms with Gasteiger partial charge in [0.15, 0.2) is 11.5 Å². The van der Waals surface area contributed by atoms with E-state index in [1.54, 1.807) is 6.20 Å². The molecule has 33 heavy (non-hydrogen) atoms. The first-order valence-corrected chi connectivity index (χ1v) is 11.3. The summed E-state index contributed by atoms with van der Waals surface area (Å²) in [6, 6.07) is 21.3. The van der Waals surface area contributed by atoms with Crippen LogP contribution >= 0.6 is 11.6 Å². The Morgan fingerprint density at radius 1 is 0.848 bits per heavy atom. The van der Waals surface area contributed by atoms with E-state index in [4.69, 9.17) is 11.6 Å². The standard InChI is InChI=1S/C25H23ClN6O/c26-21-10-3-4-11-22(21)31-13-15-32(16-14-31)24-20-9-2-1-8-19(20)23(29-30-24)25(33)28-17-18-7-5-6-12-27-18/h1-12H,13-17H2,(H,28,33). The van der Waals surface area contributed by atoms with Crippen molar-refractivity contribution in [3.05, 3.63) is 89.3 Å². The third kappa shape index (κ3) is 4.45. The molecule has 1 aliphatic rings. The molecule has 0 aliphatic carbocycles. The molecule has 3 heterocycles. The van der Waals surface area contributed by atoms with Gasteiger partial charge in [-0.1, -0.05) is 54.1 Å². The minimum Gasteiger partial charge on any atom is -0.367 e. The number of nitrogens with one attached hydrogen (secondary N) is 1. The van der Waals surface area contributed by atoms with Crippen LogP contribution in [0.4, 0.5) is 11.5 Å². The number of aromatic nitrogens is 3. The first kappa shape index (κ1) is 21.2. The maximum absolute atomic E-state index is 12.9. The SMILES string of the molecule is O=C(NCc1ccccn1)c1nnc(N2CCN(c3ccccc3Cl)CC2)c2ccccc12. The van der Waals surface area contributed by atoms with Crippen LogP contribution in [0.5, 0.6) is 0 Å². The number of para-hydroxylation sites is 1. The normalized spacial score (nSPS) is 13.8. The summed E-state index contributed by atoms with van der Waals surface area (Å²) in [5.74, 6) is 0.533. The molecule has 8 heteroatoms. The molecule has 5 rings (SSSR count). The van der Waals surface area contributed by atoms with E-state index in [0.29, 0.717) is 12.2 Å². The molecule has 0 unspecified atom stereocenters. The summed E-state index contributed by atoms with van der Waals surface area (Å²) in [5.41, 5.74) is 2.16. The van der Waals surface area contributed by atoms with Gasteiger partial charge in [-0.15, -0.1) is 10.2 Å². The van der Waals surface area contributed by atoms with Crippen molar-refractivity contribution in [1.29, 1.82) is 0 Å². The lowest BCUT2D eigenvalue weighted by Crippen LogP contribution is -2.47. The Morgan fingerprint density at radius 3 is 2.30 bits per heavy atom. The Kier molecular flexibility index (Phi) is 6.04. The Labute approximate surface area is 197 Å². The van der Waals surface area contributed by atoms with Crippen molar-refractivity contribution in [3.63, 3.8) is 0 Å². The monoisotopic (exact) mass is 458 g/mol. The number of carbonyl (C=O) groups excluding carboxylic acids is 1. The van der Waals surface area contributed by atoms with Crippen LogP contribution in [0, 0.1) is 0 Å². The highest BCUT2D eigenvalue weighted by Gasteiger charge is 2.23. The zero-order valence-corrected chi connectivity index (χ0v) is 18.7. The van der Waals surface area contributed by atoms with Gasteiger partial charge in [-0.25, -0.2) is 0 Å². The van der Waals surface area contributed by atoms with Crippen LogP contribution in [0.3, 0.4) is 0 Å². The van der Waals surface area contributed by atoms with E-state index in [1.165, 1.54) is 0 Å². The number of fused-ring (bicyclic) bond motifs is 1. The second kappa shape index (κ2) is 9.42. The lowest BCUT2D eigenvalue weighted by Gasteiger charge is -2.37. The number of nitrogens with zero attached hydrogens (tertiary/aromatic N) is 5. The van der Waals surface area contributed by atoms with Gasteiger partial charge in [0.1, 0.15) is 0 Å². The molecule has 0 radical (unpaired) electrons. The summed E-state index contributed by atoms with van der Waals surface area (Å²) < 4.78 is 0. The van der Waals surface area contributed by atoms with Crippen LogP contribution < -0.4 is 15.1 Å². The van der Waals surface area contributed by atoms with Crippen molar-refractivity contribution in [3.8, 4) is 0 Å². The minimum absolute atomic E-state index is 0.264. The predicted molar refractivity (Wildman–Crippen MR) is 131 cm³/mol. The molecule has 0 bridgehead atoms. The van der Waals surface area contributed by atoms with Crippen LogP contribution in [-0.4, -0.2) is 47.3 Å². The van der Waals surface area contributed by atoms with Crippen molar-refractivity contribution in [2.75, 3.05) is 36.0 Å². The fourth-order valence-corrected chi connectivity index (χ4v) is 4.37. The Bertz CT molecular complexity index is 1270. The summed E-state index contributed by atoms with van der Waals surface area (Å²) >= 11 is 6.38. The fourth-order valence-electron chi connectivity index (χ4n) is 4.12. The predicted octanol–water partition coefficient (Wildman–Crippen LogP) is 3.93. The van der Waals surface area contributed by atoms with Gasteiger partial charge in [0, 0.05) is 43.1 Å². The zero-order valence-electron chi connectivity index (χ0n) is 18.0. The lowest BCUT2D eigenvalue weighted by atomic mass is 10.1. The number of benzene rings is 2. The highest BCUT2D eigenvalue weighted by Crippen LogP contribution is 2.29. The van der Waals surface area contributed by atoms with Crippen molar-refractivity contribution in [1.82, 2.24) is 20.5 Å². The van der Waals surface area contributed by atoms with Crippen LogP contribution in [0.1, 0.15) is 16.2 Å². The number of piperazine rings is 1. The topological polar surface area (TPSA) is 74.2 Å².